The lowest BCUT2D eigenvalue weighted by Crippen LogP contribution is -2.12. The van der Waals surface area contributed by atoms with Gasteiger partial charge in [-0.25, -0.2) is 0 Å². The molecular formula is C15H16N2S. The van der Waals surface area contributed by atoms with Crippen molar-refractivity contribution in [3.8, 4) is 0 Å². The van der Waals surface area contributed by atoms with Crippen molar-refractivity contribution < 1.29 is 0 Å². The van der Waals surface area contributed by atoms with Crippen LogP contribution in [-0.4, -0.2) is 4.99 Å². The highest BCUT2D eigenvalue weighted by molar-refractivity contribution is 7.80. The van der Waals surface area contributed by atoms with Gasteiger partial charge in [-0.1, -0.05) is 36.0 Å². The van der Waals surface area contributed by atoms with Gasteiger partial charge in [-0.05, 0) is 43.7 Å². The van der Waals surface area contributed by atoms with E-state index in [-0.39, 0.29) is 0 Å². The molecule has 2 aromatic rings. The number of benzene rings is 2. The second-order valence-electron chi connectivity index (χ2n) is 4.41. The maximum Gasteiger partial charge on any atom is 0.106 e. The van der Waals surface area contributed by atoms with Crippen LogP contribution in [0.4, 0.5) is 11.4 Å². The van der Waals surface area contributed by atoms with Crippen molar-refractivity contribution >= 4 is 28.6 Å². The first kappa shape index (κ1) is 12.6. The number of hydrogen-bond acceptors (Lipinski definition) is 2. The molecule has 0 bridgehead atoms. The summed E-state index contributed by atoms with van der Waals surface area (Å²) in [7, 11) is 0. The van der Waals surface area contributed by atoms with E-state index in [0.717, 1.165) is 22.5 Å². The molecule has 0 heterocycles. The molecule has 0 spiro atoms. The zero-order chi connectivity index (χ0) is 13.1. The largest absolute Gasteiger partial charge is 0.389 e. The molecule has 92 valence electrons. The third kappa shape index (κ3) is 2.87. The zero-order valence-corrected chi connectivity index (χ0v) is 11.3. The fraction of sp³-hybridized carbons (Fsp3) is 0.133. The average Bonchev–Trinajstić information content (AvgIpc) is 2.31. The standard InChI is InChI=1S/C15H16N2S/c1-10-4-3-5-12(8-10)17-14-7-6-11(2)9-13(14)15(16)18/h3-9,17H,1-2H3,(H2,16,18). The predicted molar refractivity (Wildman–Crippen MR) is 81.5 cm³/mol. The quantitative estimate of drug-likeness (QED) is 0.823. The first-order valence-electron chi connectivity index (χ1n) is 5.80. The summed E-state index contributed by atoms with van der Waals surface area (Å²) in [5.41, 5.74) is 11.0. The predicted octanol–water partition coefficient (Wildman–Crippen LogP) is 3.68. The van der Waals surface area contributed by atoms with Gasteiger partial charge in [-0.15, -0.1) is 0 Å². The molecule has 0 saturated carbocycles. The Balaban J connectivity index is 2.37. The fourth-order valence-electron chi connectivity index (χ4n) is 1.85. The Morgan fingerprint density at radius 3 is 2.44 bits per heavy atom. The maximum atomic E-state index is 5.76. The maximum absolute atomic E-state index is 5.76. The molecule has 0 aromatic heterocycles. The van der Waals surface area contributed by atoms with Crippen molar-refractivity contribution in [2.24, 2.45) is 5.73 Å². The topological polar surface area (TPSA) is 38.0 Å². The van der Waals surface area contributed by atoms with E-state index in [2.05, 4.69) is 24.4 Å². The van der Waals surface area contributed by atoms with Crippen molar-refractivity contribution in [2.75, 3.05) is 5.32 Å². The van der Waals surface area contributed by atoms with Crippen LogP contribution in [0.15, 0.2) is 42.5 Å². The van der Waals surface area contributed by atoms with E-state index in [1.165, 1.54) is 5.56 Å². The first-order chi connectivity index (χ1) is 8.56. The molecule has 3 N–H and O–H groups in total. The van der Waals surface area contributed by atoms with E-state index in [1.807, 2.05) is 37.3 Å². The fourth-order valence-corrected chi connectivity index (χ4v) is 2.02. The molecule has 0 unspecified atom stereocenters. The van der Waals surface area contributed by atoms with Gasteiger partial charge in [0.05, 0.1) is 0 Å². The number of hydrogen-bond donors (Lipinski definition) is 2. The number of thiocarbonyl (C=S) groups is 1. The second-order valence-corrected chi connectivity index (χ2v) is 4.85. The number of anilines is 2. The molecule has 2 rings (SSSR count). The monoisotopic (exact) mass is 256 g/mol. The lowest BCUT2D eigenvalue weighted by atomic mass is 10.1. The molecule has 0 fully saturated rings. The molecular weight excluding hydrogens is 240 g/mol. The molecule has 18 heavy (non-hydrogen) atoms. The average molecular weight is 256 g/mol. The minimum atomic E-state index is 0.411. The molecule has 0 saturated heterocycles. The minimum absolute atomic E-state index is 0.411. The molecule has 0 amide bonds. The van der Waals surface area contributed by atoms with Crippen molar-refractivity contribution in [2.45, 2.75) is 13.8 Å². The van der Waals surface area contributed by atoms with Gasteiger partial charge in [0.2, 0.25) is 0 Å². The van der Waals surface area contributed by atoms with Crippen LogP contribution >= 0.6 is 12.2 Å². The minimum Gasteiger partial charge on any atom is -0.389 e. The molecule has 2 nitrogen and oxygen atoms in total. The summed E-state index contributed by atoms with van der Waals surface area (Å²) in [6.45, 7) is 4.09. The van der Waals surface area contributed by atoms with Crippen LogP contribution in [0.1, 0.15) is 16.7 Å². The highest BCUT2D eigenvalue weighted by Gasteiger charge is 2.05. The Labute approximate surface area is 113 Å². The van der Waals surface area contributed by atoms with Gasteiger partial charge < -0.3 is 11.1 Å². The van der Waals surface area contributed by atoms with E-state index >= 15 is 0 Å². The molecule has 0 aliphatic heterocycles. The Morgan fingerprint density at radius 2 is 1.78 bits per heavy atom. The van der Waals surface area contributed by atoms with Crippen molar-refractivity contribution in [1.82, 2.24) is 0 Å². The van der Waals surface area contributed by atoms with Gasteiger partial charge in [0.1, 0.15) is 4.99 Å². The van der Waals surface area contributed by atoms with Crippen LogP contribution in [0.3, 0.4) is 0 Å². The van der Waals surface area contributed by atoms with E-state index < -0.39 is 0 Å². The van der Waals surface area contributed by atoms with E-state index in [4.69, 9.17) is 18.0 Å². The third-order valence-corrected chi connectivity index (χ3v) is 2.96. The normalized spacial score (nSPS) is 10.1. The van der Waals surface area contributed by atoms with Crippen LogP contribution in [-0.2, 0) is 0 Å². The van der Waals surface area contributed by atoms with E-state index in [0.29, 0.717) is 4.99 Å². The first-order valence-corrected chi connectivity index (χ1v) is 6.21. The molecule has 0 radical (unpaired) electrons. The molecule has 2 aromatic carbocycles. The van der Waals surface area contributed by atoms with Crippen molar-refractivity contribution in [3.05, 3.63) is 59.2 Å². The van der Waals surface area contributed by atoms with Gasteiger partial charge >= 0.3 is 0 Å². The van der Waals surface area contributed by atoms with Crippen molar-refractivity contribution in [1.29, 1.82) is 0 Å². The number of nitrogens with two attached hydrogens (primary N) is 1. The zero-order valence-electron chi connectivity index (χ0n) is 10.5. The summed E-state index contributed by atoms with van der Waals surface area (Å²) in [5, 5.41) is 3.35. The summed E-state index contributed by atoms with van der Waals surface area (Å²) < 4.78 is 0. The Hall–Kier alpha value is -1.87. The number of aryl methyl sites for hydroxylation is 2. The van der Waals surface area contributed by atoms with Crippen LogP contribution < -0.4 is 11.1 Å². The number of nitrogens with one attached hydrogen (secondary N) is 1. The molecule has 0 aliphatic carbocycles. The van der Waals surface area contributed by atoms with Crippen LogP contribution in [0.25, 0.3) is 0 Å². The van der Waals surface area contributed by atoms with E-state index in [1.54, 1.807) is 0 Å². The summed E-state index contributed by atoms with van der Waals surface area (Å²) >= 11 is 5.09. The highest BCUT2D eigenvalue weighted by atomic mass is 32.1. The highest BCUT2D eigenvalue weighted by Crippen LogP contribution is 2.22. The summed E-state index contributed by atoms with van der Waals surface area (Å²) in [4.78, 5) is 0.411. The second kappa shape index (κ2) is 5.19. The van der Waals surface area contributed by atoms with Crippen LogP contribution in [0.2, 0.25) is 0 Å². The summed E-state index contributed by atoms with van der Waals surface area (Å²) in [6, 6.07) is 14.2. The van der Waals surface area contributed by atoms with E-state index in [9.17, 15) is 0 Å². The molecule has 0 aliphatic rings. The van der Waals surface area contributed by atoms with Crippen molar-refractivity contribution in [3.63, 3.8) is 0 Å². The Kier molecular flexibility index (Phi) is 3.63. The Morgan fingerprint density at radius 1 is 1.06 bits per heavy atom. The summed E-state index contributed by atoms with van der Waals surface area (Å²) in [6.07, 6.45) is 0. The van der Waals surface area contributed by atoms with Gasteiger partial charge in [-0.3, -0.25) is 0 Å². The third-order valence-electron chi connectivity index (χ3n) is 2.74. The van der Waals surface area contributed by atoms with Gasteiger partial charge in [0, 0.05) is 16.9 Å². The smallest absolute Gasteiger partial charge is 0.106 e. The molecule has 0 atom stereocenters. The van der Waals surface area contributed by atoms with Crippen LogP contribution in [0, 0.1) is 13.8 Å². The summed E-state index contributed by atoms with van der Waals surface area (Å²) in [5.74, 6) is 0. The van der Waals surface area contributed by atoms with Gasteiger partial charge in [-0.2, -0.15) is 0 Å². The Bertz CT molecular complexity index is 591. The lowest BCUT2D eigenvalue weighted by Gasteiger charge is -2.12. The van der Waals surface area contributed by atoms with Gasteiger partial charge in [0.15, 0.2) is 0 Å². The molecule has 3 heteroatoms. The van der Waals surface area contributed by atoms with Crippen LogP contribution in [0.5, 0.6) is 0 Å². The van der Waals surface area contributed by atoms with Gasteiger partial charge in [0.25, 0.3) is 0 Å². The number of rotatable bonds is 3. The lowest BCUT2D eigenvalue weighted by molar-refractivity contribution is 1.42. The SMILES string of the molecule is Cc1cccc(Nc2ccc(C)cc2C(N)=S)c1.